The highest BCUT2D eigenvalue weighted by atomic mass is 16.5. The van der Waals surface area contributed by atoms with E-state index in [9.17, 15) is 9.59 Å². The summed E-state index contributed by atoms with van der Waals surface area (Å²) in [4.78, 5) is 23.6. The fourth-order valence-electron chi connectivity index (χ4n) is 2.45. The lowest BCUT2D eigenvalue weighted by atomic mass is 10.0. The first-order chi connectivity index (χ1) is 9.61. The van der Waals surface area contributed by atoms with E-state index in [2.05, 4.69) is 5.32 Å². The number of amides is 1. The Hall–Kier alpha value is -1.88. The second kappa shape index (κ2) is 6.52. The highest BCUT2D eigenvalue weighted by Gasteiger charge is 2.30. The van der Waals surface area contributed by atoms with Gasteiger partial charge in [0.25, 0.3) is 0 Å². The number of hydrogen-bond donors (Lipinski definition) is 2. The third-order valence-electron chi connectivity index (χ3n) is 3.57. The second-order valence-corrected chi connectivity index (χ2v) is 4.99. The van der Waals surface area contributed by atoms with Gasteiger partial charge >= 0.3 is 5.97 Å². The van der Waals surface area contributed by atoms with E-state index in [4.69, 9.17) is 10.5 Å². The van der Waals surface area contributed by atoms with E-state index in [0.717, 1.165) is 19.3 Å². The average molecular weight is 276 g/mol. The minimum absolute atomic E-state index is 0.0427. The molecule has 0 aliphatic heterocycles. The molecule has 2 unspecified atom stereocenters. The first-order valence-corrected chi connectivity index (χ1v) is 6.95. The molecule has 0 spiro atoms. The van der Waals surface area contributed by atoms with Crippen molar-refractivity contribution in [2.75, 3.05) is 11.9 Å². The van der Waals surface area contributed by atoms with Crippen LogP contribution in [0.2, 0.25) is 0 Å². The molecular formula is C15H20N2O3. The zero-order chi connectivity index (χ0) is 14.5. The van der Waals surface area contributed by atoms with Gasteiger partial charge < -0.3 is 15.8 Å². The molecule has 5 nitrogen and oxygen atoms in total. The molecule has 2 atom stereocenters. The summed E-state index contributed by atoms with van der Waals surface area (Å²) >= 11 is 0. The van der Waals surface area contributed by atoms with Crippen LogP contribution in [0.25, 0.3) is 0 Å². The molecule has 0 bridgehead atoms. The molecule has 0 aromatic heterocycles. The van der Waals surface area contributed by atoms with Crippen LogP contribution in [0.5, 0.6) is 0 Å². The van der Waals surface area contributed by atoms with Gasteiger partial charge in [0.1, 0.15) is 0 Å². The molecule has 20 heavy (non-hydrogen) atoms. The SMILES string of the molecule is CCOC(=O)c1ccc(NC(=O)C2CCCC2N)cc1. The highest BCUT2D eigenvalue weighted by molar-refractivity contribution is 5.94. The fourth-order valence-corrected chi connectivity index (χ4v) is 2.45. The van der Waals surface area contributed by atoms with Gasteiger partial charge in [0.15, 0.2) is 0 Å². The molecule has 1 saturated carbocycles. The lowest BCUT2D eigenvalue weighted by molar-refractivity contribution is -0.120. The molecular weight excluding hydrogens is 256 g/mol. The van der Waals surface area contributed by atoms with Crippen LogP contribution in [0.15, 0.2) is 24.3 Å². The number of carbonyl (C=O) groups excluding carboxylic acids is 2. The molecule has 1 aliphatic carbocycles. The number of carbonyl (C=O) groups is 2. The van der Waals surface area contributed by atoms with Crippen molar-refractivity contribution in [2.45, 2.75) is 32.2 Å². The van der Waals surface area contributed by atoms with E-state index in [-0.39, 0.29) is 23.8 Å². The van der Waals surface area contributed by atoms with Gasteiger partial charge in [0.05, 0.1) is 18.1 Å². The summed E-state index contributed by atoms with van der Waals surface area (Å²) in [5, 5.41) is 2.84. The first-order valence-electron chi connectivity index (χ1n) is 6.95. The largest absolute Gasteiger partial charge is 0.462 e. The van der Waals surface area contributed by atoms with E-state index >= 15 is 0 Å². The minimum Gasteiger partial charge on any atom is -0.462 e. The quantitative estimate of drug-likeness (QED) is 0.823. The van der Waals surface area contributed by atoms with Gasteiger partial charge in [0.2, 0.25) is 5.91 Å². The average Bonchev–Trinajstić information content (AvgIpc) is 2.86. The zero-order valence-electron chi connectivity index (χ0n) is 11.6. The number of anilines is 1. The fraction of sp³-hybridized carbons (Fsp3) is 0.467. The Balaban J connectivity index is 1.96. The molecule has 0 heterocycles. The zero-order valence-corrected chi connectivity index (χ0v) is 11.6. The molecule has 0 radical (unpaired) electrons. The first kappa shape index (κ1) is 14.5. The Morgan fingerprint density at radius 1 is 1.30 bits per heavy atom. The van der Waals surface area contributed by atoms with Crippen molar-refractivity contribution in [3.63, 3.8) is 0 Å². The molecule has 1 aromatic carbocycles. The Morgan fingerprint density at radius 3 is 2.55 bits per heavy atom. The van der Waals surface area contributed by atoms with Crippen LogP contribution in [0, 0.1) is 5.92 Å². The van der Waals surface area contributed by atoms with Crippen LogP contribution in [0.3, 0.4) is 0 Å². The number of nitrogens with one attached hydrogen (secondary N) is 1. The number of benzene rings is 1. The van der Waals surface area contributed by atoms with E-state index in [1.165, 1.54) is 0 Å². The van der Waals surface area contributed by atoms with Crippen molar-refractivity contribution in [1.82, 2.24) is 0 Å². The Kier molecular flexibility index (Phi) is 4.74. The van der Waals surface area contributed by atoms with Crippen molar-refractivity contribution in [3.05, 3.63) is 29.8 Å². The number of rotatable bonds is 4. The maximum absolute atomic E-state index is 12.1. The third kappa shape index (κ3) is 3.36. The topological polar surface area (TPSA) is 81.4 Å². The van der Waals surface area contributed by atoms with Crippen molar-refractivity contribution in [2.24, 2.45) is 11.7 Å². The Labute approximate surface area is 118 Å². The van der Waals surface area contributed by atoms with Crippen LogP contribution in [-0.2, 0) is 9.53 Å². The van der Waals surface area contributed by atoms with Crippen LogP contribution in [-0.4, -0.2) is 24.5 Å². The molecule has 3 N–H and O–H groups in total. The molecule has 108 valence electrons. The predicted molar refractivity (Wildman–Crippen MR) is 76.3 cm³/mol. The summed E-state index contributed by atoms with van der Waals surface area (Å²) in [6.07, 6.45) is 2.74. The van der Waals surface area contributed by atoms with E-state index in [1.54, 1.807) is 31.2 Å². The molecule has 5 heteroatoms. The summed E-state index contributed by atoms with van der Waals surface area (Å²) in [5.41, 5.74) is 7.05. The van der Waals surface area contributed by atoms with Gasteiger partial charge in [-0.1, -0.05) is 6.42 Å². The van der Waals surface area contributed by atoms with Crippen molar-refractivity contribution in [1.29, 1.82) is 0 Å². The van der Waals surface area contributed by atoms with Crippen LogP contribution in [0.1, 0.15) is 36.5 Å². The van der Waals surface area contributed by atoms with Gasteiger partial charge in [0, 0.05) is 11.7 Å². The van der Waals surface area contributed by atoms with E-state index in [1.807, 2.05) is 0 Å². The summed E-state index contributed by atoms with van der Waals surface area (Å²) in [6.45, 7) is 2.11. The van der Waals surface area contributed by atoms with Crippen molar-refractivity contribution < 1.29 is 14.3 Å². The second-order valence-electron chi connectivity index (χ2n) is 4.99. The molecule has 1 amide bonds. The molecule has 1 aromatic rings. The normalized spacial score (nSPS) is 21.5. The van der Waals surface area contributed by atoms with Gasteiger partial charge in [-0.3, -0.25) is 4.79 Å². The lowest BCUT2D eigenvalue weighted by Gasteiger charge is -2.15. The number of ether oxygens (including phenoxy) is 1. The van der Waals surface area contributed by atoms with E-state index < -0.39 is 0 Å². The van der Waals surface area contributed by atoms with Gasteiger partial charge in [-0.05, 0) is 44.0 Å². The standard InChI is InChI=1S/C15H20N2O3/c1-2-20-15(19)10-6-8-11(9-7-10)17-14(18)12-4-3-5-13(12)16/h6-9,12-13H,2-5,16H2,1H3,(H,17,18). The summed E-state index contributed by atoms with van der Waals surface area (Å²) in [5.74, 6) is -0.512. The predicted octanol–water partition coefficient (Wildman–Crippen LogP) is 1.93. The summed E-state index contributed by atoms with van der Waals surface area (Å²) < 4.78 is 4.90. The lowest BCUT2D eigenvalue weighted by Crippen LogP contribution is -2.34. The molecule has 2 rings (SSSR count). The molecule has 0 saturated heterocycles. The van der Waals surface area contributed by atoms with Gasteiger partial charge in [-0.25, -0.2) is 4.79 Å². The maximum atomic E-state index is 12.1. The summed E-state index contributed by atoms with van der Waals surface area (Å²) in [6, 6.07) is 6.63. The highest BCUT2D eigenvalue weighted by Crippen LogP contribution is 2.25. The number of esters is 1. The molecule has 1 aliphatic rings. The van der Waals surface area contributed by atoms with Gasteiger partial charge in [-0.15, -0.1) is 0 Å². The van der Waals surface area contributed by atoms with Gasteiger partial charge in [-0.2, -0.15) is 0 Å². The number of nitrogens with two attached hydrogens (primary N) is 1. The Morgan fingerprint density at radius 2 is 2.00 bits per heavy atom. The Bertz CT molecular complexity index is 484. The monoisotopic (exact) mass is 276 g/mol. The maximum Gasteiger partial charge on any atom is 0.338 e. The van der Waals surface area contributed by atoms with Crippen LogP contribution >= 0.6 is 0 Å². The van der Waals surface area contributed by atoms with Crippen LogP contribution < -0.4 is 11.1 Å². The van der Waals surface area contributed by atoms with Crippen LogP contribution in [0.4, 0.5) is 5.69 Å². The summed E-state index contributed by atoms with van der Waals surface area (Å²) in [7, 11) is 0. The van der Waals surface area contributed by atoms with Crippen molar-refractivity contribution in [3.8, 4) is 0 Å². The van der Waals surface area contributed by atoms with Crippen molar-refractivity contribution >= 4 is 17.6 Å². The smallest absolute Gasteiger partial charge is 0.338 e. The number of hydrogen-bond acceptors (Lipinski definition) is 4. The molecule has 1 fully saturated rings. The van der Waals surface area contributed by atoms with E-state index in [0.29, 0.717) is 17.9 Å². The third-order valence-corrected chi connectivity index (χ3v) is 3.57. The minimum atomic E-state index is -0.358.